The minimum Gasteiger partial charge on any atom is -0.497 e. The maximum absolute atomic E-state index is 13.0. The molecule has 2 aliphatic rings. The van der Waals surface area contributed by atoms with E-state index in [2.05, 4.69) is 22.3 Å². The minimum absolute atomic E-state index is 0.252. The molecule has 8 heteroatoms. The van der Waals surface area contributed by atoms with Gasteiger partial charge in [-0.3, -0.25) is 10.1 Å². The summed E-state index contributed by atoms with van der Waals surface area (Å²) in [6.07, 6.45) is 3.54. The largest absolute Gasteiger partial charge is 0.497 e. The van der Waals surface area contributed by atoms with Crippen LogP contribution in [0.25, 0.3) is 11.4 Å². The monoisotopic (exact) mass is 415 g/mol. The number of fused-ring (bicyclic) bond motifs is 1. The van der Waals surface area contributed by atoms with Crippen LogP contribution in [0.3, 0.4) is 0 Å². The van der Waals surface area contributed by atoms with Gasteiger partial charge in [-0.15, -0.1) is 0 Å². The Labute approximate surface area is 179 Å². The number of urea groups is 1. The Hall–Kier alpha value is -4.07. The Kier molecular flexibility index (Phi) is 4.28. The molecule has 3 aromatic rings. The third-order valence-electron chi connectivity index (χ3n) is 5.87. The summed E-state index contributed by atoms with van der Waals surface area (Å²) in [7, 11) is 1.62. The molecular weight excluding hydrogens is 394 g/mol. The Morgan fingerprint density at radius 3 is 2.65 bits per heavy atom. The molecule has 2 aliphatic heterocycles. The second-order valence-electron chi connectivity index (χ2n) is 7.64. The van der Waals surface area contributed by atoms with Gasteiger partial charge in [-0.05, 0) is 41.5 Å². The number of amides is 3. The number of carbonyl (C=O) groups excluding carboxylic acids is 2. The van der Waals surface area contributed by atoms with E-state index in [4.69, 9.17) is 4.74 Å². The van der Waals surface area contributed by atoms with Gasteiger partial charge in [0.25, 0.3) is 5.91 Å². The first-order chi connectivity index (χ1) is 15.0. The van der Waals surface area contributed by atoms with E-state index in [0.29, 0.717) is 12.1 Å². The van der Waals surface area contributed by atoms with Crippen molar-refractivity contribution in [2.45, 2.75) is 12.1 Å². The topological polar surface area (TPSA) is 88.5 Å². The first-order valence-electron chi connectivity index (χ1n) is 9.85. The fourth-order valence-corrected chi connectivity index (χ4v) is 4.22. The van der Waals surface area contributed by atoms with Gasteiger partial charge in [0, 0.05) is 30.2 Å². The SMILES string of the molecule is C=C1c2cc(OC)ccc2CN1C[C@@]1(c2ccc(-n3cccn3)cc2)NC(=O)NC1=O. The number of nitrogens with one attached hydrogen (secondary N) is 2. The van der Waals surface area contributed by atoms with E-state index in [9.17, 15) is 9.59 Å². The first-order valence-corrected chi connectivity index (χ1v) is 9.85. The maximum atomic E-state index is 13.0. The van der Waals surface area contributed by atoms with E-state index in [0.717, 1.165) is 28.3 Å². The molecule has 8 nitrogen and oxygen atoms in total. The summed E-state index contributed by atoms with van der Waals surface area (Å²) in [5.74, 6) is 0.364. The summed E-state index contributed by atoms with van der Waals surface area (Å²) < 4.78 is 7.06. The summed E-state index contributed by atoms with van der Waals surface area (Å²) in [4.78, 5) is 27.1. The predicted molar refractivity (Wildman–Crippen MR) is 114 cm³/mol. The quantitative estimate of drug-likeness (QED) is 0.625. The van der Waals surface area contributed by atoms with Gasteiger partial charge in [0.2, 0.25) is 0 Å². The first kappa shape index (κ1) is 18.9. The summed E-state index contributed by atoms with van der Waals surface area (Å²) in [6.45, 7) is 5.07. The molecule has 156 valence electrons. The number of hydrogen-bond donors (Lipinski definition) is 2. The van der Waals surface area contributed by atoms with Crippen LogP contribution < -0.4 is 15.4 Å². The highest BCUT2D eigenvalue weighted by atomic mass is 16.5. The van der Waals surface area contributed by atoms with Crippen LogP contribution in [0.1, 0.15) is 16.7 Å². The summed E-state index contributed by atoms with van der Waals surface area (Å²) in [5.41, 5.74) is 3.18. The van der Waals surface area contributed by atoms with Gasteiger partial charge >= 0.3 is 6.03 Å². The van der Waals surface area contributed by atoms with Crippen molar-refractivity contribution in [2.75, 3.05) is 13.7 Å². The predicted octanol–water partition coefficient (Wildman–Crippen LogP) is 2.40. The summed E-state index contributed by atoms with van der Waals surface area (Å²) >= 11 is 0. The van der Waals surface area contributed by atoms with Gasteiger partial charge in [-0.2, -0.15) is 5.10 Å². The van der Waals surface area contributed by atoms with Gasteiger partial charge < -0.3 is 15.0 Å². The van der Waals surface area contributed by atoms with Crippen LogP contribution in [-0.4, -0.2) is 40.3 Å². The number of ether oxygens (including phenoxy) is 1. The van der Waals surface area contributed by atoms with Gasteiger partial charge in [-0.25, -0.2) is 9.48 Å². The van der Waals surface area contributed by atoms with Gasteiger partial charge in [-0.1, -0.05) is 24.8 Å². The van der Waals surface area contributed by atoms with Crippen molar-refractivity contribution in [2.24, 2.45) is 0 Å². The second-order valence-corrected chi connectivity index (χ2v) is 7.64. The van der Waals surface area contributed by atoms with Crippen molar-refractivity contribution in [1.29, 1.82) is 0 Å². The Balaban J connectivity index is 1.48. The molecule has 0 spiro atoms. The van der Waals surface area contributed by atoms with Crippen LogP contribution in [0.2, 0.25) is 0 Å². The Morgan fingerprint density at radius 1 is 1.19 bits per heavy atom. The fraction of sp³-hybridized carbons (Fsp3) is 0.174. The summed E-state index contributed by atoms with van der Waals surface area (Å²) in [5, 5.41) is 9.47. The number of methoxy groups -OCH3 is 1. The van der Waals surface area contributed by atoms with Crippen LogP contribution in [0.15, 0.2) is 67.5 Å². The molecule has 0 saturated carbocycles. The molecule has 2 aromatic carbocycles. The fourth-order valence-electron chi connectivity index (χ4n) is 4.22. The Morgan fingerprint density at radius 2 is 2.00 bits per heavy atom. The number of hydrogen-bond acceptors (Lipinski definition) is 5. The van der Waals surface area contributed by atoms with E-state index in [1.807, 2.05) is 59.6 Å². The number of imide groups is 1. The molecule has 5 rings (SSSR count). The summed E-state index contributed by atoms with van der Waals surface area (Å²) in [6, 6.07) is 14.6. The lowest BCUT2D eigenvalue weighted by molar-refractivity contribution is -0.124. The molecule has 3 amide bonds. The number of rotatable bonds is 5. The molecular formula is C23H21N5O3. The lowest BCUT2D eigenvalue weighted by atomic mass is 9.89. The molecule has 31 heavy (non-hydrogen) atoms. The number of nitrogens with zero attached hydrogens (tertiary/aromatic N) is 3. The van der Waals surface area contributed by atoms with E-state index < -0.39 is 11.6 Å². The molecule has 0 bridgehead atoms. The van der Waals surface area contributed by atoms with Gasteiger partial charge in [0.15, 0.2) is 5.54 Å². The van der Waals surface area contributed by atoms with Crippen LogP contribution in [0.5, 0.6) is 5.75 Å². The van der Waals surface area contributed by atoms with Crippen molar-refractivity contribution in [3.05, 3.63) is 84.2 Å². The molecule has 0 aliphatic carbocycles. The van der Waals surface area contributed by atoms with E-state index in [1.54, 1.807) is 18.0 Å². The normalized spacial score (nSPS) is 19.9. The van der Waals surface area contributed by atoms with Gasteiger partial charge in [0.05, 0.1) is 19.3 Å². The molecule has 1 aromatic heterocycles. The lowest BCUT2D eigenvalue weighted by Crippen LogP contribution is -2.51. The molecule has 0 radical (unpaired) electrons. The molecule has 1 saturated heterocycles. The number of carbonyl (C=O) groups is 2. The van der Waals surface area contributed by atoms with Crippen molar-refractivity contribution in [3.8, 4) is 11.4 Å². The van der Waals surface area contributed by atoms with Gasteiger partial charge in [0.1, 0.15) is 5.75 Å². The molecule has 1 fully saturated rings. The van der Waals surface area contributed by atoms with Crippen LogP contribution in [0, 0.1) is 0 Å². The second kappa shape index (κ2) is 7.02. The van der Waals surface area contributed by atoms with Crippen LogP contribution >= 0.6 is 0 Å². The maximum Gasteiger partial charge on any atom is 0.322 e. The highest BCUT2D eigenvalue weighted by Crippen LogP contribution is 2.37. The highest BCUT2D eigenvalue weighted by Gasteiger charge is 2.49. The van der Waals surface area contributed by atoms with E-state index in [-0.39, 0.29) is 12.5 Å². The van der Waals surface area contributed by atoms with Crippen LogP contribution in [0.4, 0.5) is 4.79 Å². The molecule has 1 atom stereocenters. The minimum atomic E-state index is -1.23. The zero-order chi connectivity index (χ0) is 21.6. The zero-order valence-corrected chi connectivity index (χ0v) is 17.0. The number of aromatic nitrogens is 2. The smallest absolute Gasteiger partial charge is 0.322 e. The van der Waals surface area contributed by atoms with E-state index in [1.165, 1.54) is 0 Å². The lowest BCUT2D eigenvalue weighted by Gasteiger charge is -2.33. The highest BCUT2D eigenvalue weighted by molar-refractivity contribution is 6.07. The van der Waals surface area contributed by atoms with Crippen molar-refractivity contribution in [1.82, 2.24) is 25.3 Å². The average Bonchev–Trinajstić information content (AvgIpc) is 3.48. The molecule has 2 N–H and O–H groups in total. The van der Waals surface area contributed by atoms with Crippen molar-refractivity contribution < 1.29 is 14.3 Å². The Bertz CT molecular complexity index is 1190. The van der Waals surface area contributed by atoms with Crippen LogP contribution in [-0.2, 0) is 16.9 Å². The standard InChI is InChI=1S/C23H21N5O3/c1-15-20-12-19(31-2)9-4-16(20)13-27(15)14-23(21(29)25-22(30)26-23)17-5-7-18(8-6-17)28-11-3-10-24-28/h3-12H,1,13-14H2,2H3,(H2,25,26,29,30)/t23-/m0/s1. The third kappa shape index (κ3) is 3.04. The third-order valence-corrected chi connectivity index (χ3v) is 5.87. The molecule has 0 unspecified atom stereocenters. The van der Waals surface area contributed by atoms with Crippen molar-refractivity contribution in [3.63, 3.8) is 0 Å². The zero-order valence-electron chi connectivity index (χ0n) is 17.0. The number of benzene rings is 2. The molecule has 3 heterocycles. The average molecular weight is 415 g/mol. The van der Waals surface area contributed by atoms with Crippen molar-refractivity contribution >= 4 is 17.6 Å². The van der Waals surface area contributed by atoms with E-state index >= 15 is 0 Å².